The first kappa shape index (κ1) is 25.7. The fourth-order valence-electron chi connectivity index (χ4n) is 3.71. The van der Waals surface area contributed by atoms with Crippen LogP contribution in [0.4, 0.5) is 5.69 Å². The monoisotopic (exact) mass is 446 g/mol. The van der Waals surface area contributed by atoms with E-state index in [0.29, 0.717) is 39.3 Å². The number of nitrogens with one attached hydrogen (secondary N) is 1. The standard InChI is InChI=1S/C20H30N4O3.2ClH/c1-27-14-8-21-15-19(25)23-12-10-22(11-13-23)16-20(26)24-9-4-6-17-5-2-3-7-18(17)24;;/h2-3,5,7,21H,4,6,8-16H2,1H3;2*1H. The molecule has 1 N–H and O–H groups in total. The first-order valence-corrected chi connectivity index (χ1v) is 9.77. The summed E-state index contributed by atoms with van der Waals surface area (Å²) in [7, 11) is 1.65. The molecule has 0 unspecified atom stereocenters. The molecule has 29 heavy (non-hydrogen) atoms. The molecule has 0 spiro atoms. The summed E-state index contributed by atoms with van der Waals surface area (Å²) >= 11 is 0. The maximum atomic E-state index is 12.8. The van der Waals surface area contributed by atoms with E-state index in [1.165, 1.54) is 5.56 Å². The van der Waals surface area contributed by atoms with Crippen molar-refractivity contribution >= 4 is 42.3 Å². The van der Waals surface area contributed by atoms with Crippen molar-refractivity contribution in [2.75, 3.05) is 71.0 Å². The van der Waals surface area contributed by atoms with Gasteiger partial charge in [-0.1, -0.05) is 18.2 Å². The normalized spacial score (nSPS) is 16.4. The molecule has 0 aromatic heterocycles. The van der Waals surface area contributed by atoms with Gasteiger partial charge in [0.25, 0.3) is 0 Å². The van der Waals surface area contributed by atoms with Crippen LogP contribution in [-0.4, -0.2) is 87.7 Å². The topological polar surface area (TPSA) is 65.1 Å². The van der Waals surface area contributed by atoms with Crippen molar-refractivity contribution < 1.29 is 14.3 Å². The summed E-state index contributed by atoms with van der Waals surface area (Å²) in [5.74, 6) is 0.269. The molecule has 1 aromatic carbocycles. The molecule has 0 saturated carbocycles. The number of hydrogen-bond donors (Lipinski definition) is 1. The number of halogens is 2. The van der Waals surface area contributed by atoms with Gasteiger partial charge in [0.15, 0.2) is 0 Å². The number of hydrogen-bond acceptors (Lipinski definition) is 5. The Kier molecular flexibility index (Phi) is 11.5. The van der Waals surface area contributed by atoms with Gasteiger partial charge in [-0.05, 0) is 24.5 Å². The second-order valence-electron chi connectivity index (χ2n) is 7.10. The molecule has 2 heterocycles. The first-order valence-electron chi connectivity index (χ1n) is 9.77. The van der Waals surface area contributed by atoms with Crippen LogP contribution in [0.3, 0.4) is 0 Å². The van der Waals surface area contributed by atoms with Crippen LogP contribution in [0.5, 0.6) is 0 Å². The molecule has 0 radical (unpaired) electrons. The third-order valence-electron chi connectivity index (χ3n) is 5.25. The van der Waals surface area contributed by atoms with Crippen LogP contribution in [0.25, 0.3) is 0 Å². The number of piperazine rings is 1. The summed E-state index contributed by atoms with van der Waals surface area (Å²) in [4.78, 5) is 31.0. The van der Waals surface area contributed by atoms with Crippen LogP contribution in [-0.2, 0) is 20.7 Å². The van der Waals surface area contributed by atoms with Gasteiger partial charge in [0.05, 0.1) is 19.7 Å². The number of nitrogens with zero attached hydrogens (tertiary/aromatic N) is 3. The summed E-state index contributed by atoms with van der Waals surface area (Å²) < 4.78 is 4.96. The van der Waals surface area contributed by atoms with Gasteiger partial charge in [0.2, 0.25) is 11.8 Å². The number of aryl methyl sites for hydroxylation is 1. The summed E-state index contributed by atoms with van der Waals surface area (Å²) in [6, 6.07) is 8.18. The second kappa shape index (κ2) is 13.0. The average molecular weight is 447 g/mol. The number of benzene rings is 1. The predicted octanol–water partition coefficient (Wildman–Crippen LogP) is 1.19. The molecule has 1 saturated heterocycles. The highest BCUT2D eigenvalue weighted by atomic mass is 35.5. The molecule has 2 aliphatic heterocycles. The number of anilines is 1. The van der Waals surface area contributed by atoms with Crippen LogP contribution < -0.4 is 10.2 Å². The molecule has 164 valence electrons. The lowest BCUT2D eigenvalue weighted by atomic mass is 10.0. The maximum Gasteiger partial charge on any atom is 0.241 e. The Hall–Kier alpha value is -1.38. The lowest BCUT2D eigenvalue weighted by molar-refractivity contribution is -0.132. The molecule has 0 aliphatic carbocycles. The maximum absolute atomic E-state index is 12.8. The minimum absolute atomic E-state index is 0. The van der Waals surface area contributed by atoms with E-state index >= 15 is 0 Å². The van der Waals surface area contributed by atoms with Crippen LogP contribution in [0.15, 0.2) is 24.3 Å². The Morgan fingerprint density at radius 1 is 1.03 bits per heavy atom. The zero-order valence-corrected chi connectivity index (χ0v) is 18.6. The lowest BCUT2D eigenvalue weighted by Gasteiger charge is -2.36. The smallest absolute Gasteiger partial charge is 0.241 e. The van der Waals surface area contributed by atoms with Crippen LogP contribution in [0.2, 0.25) is 0 Å². The van der Waals surface area contributed by atoms with E-state index < -0.39 is 0 Å². The molecule has 2 amide bonds. The second-order valence-corrected chi connectivity index (χ2v) is 7.10. The summed E-state index contributed by atoms with van der Waals surface area (Å²) in [5.41, 5.74) is 2.32. The number of fused-ring (bicyclic) bond motifs is 1. The Morgan fingerprint density at radius 3 is 2.48 bits per heavy atom. The van der Waals surface area contributed by atoms with E-state index in [4.69, 9.17) is 4.74 Å². The van der Waals surface area contributed by atoms with Crippen molar-refractivity contribution in [2.45, 2.75) is 12.8 Å². The van der Waals surface area contributed by atoms with E-state index in [2.05, 4.69) is 16.3 Å². The number of amides is 2. The van der Waals surface area contributed by atoms with Gasteiger partial charge in [0.1, 0.15) is 0 Å². The molecular weight excluding hydrogens is 415 g/mol. The van der Waals surface area contributed by atoms with Gasteiger partial charge >= 0.3 is 0 Å². The molecule has 2 aliphatic rings. The van der Waals surface area contributed by atoms with Gasteiger partial charge in [-0.2, -0.15) is 0 Å². The Bertz CT molecular complexity index is 654. The fourth-order valence-corrected chi connectivity index (χ4v) is 3.71. The van der Waals surface area contributed by atoms with E-state index in [-0.39, 0.29) is 36.6 Å². The highest BCUT2D eigenvalue weighted by Gasteiger charge is 2.26. The zero-order valence-electron chi connectivity index (χ0n) is 17.0. The van der Waals surface area contributed by atoms with Gasteiger partial charge in [-0.15, -0.1) is 24.8 Å². The van der Waals surface area contributed by atoms with E-state index in [9.17, 15) is 9.59 Å². The molecule has 3 rings (SSSR count). The van der Waals surface area contributed by atoms with Gasteiger partial charge in [-0.3, -0.25) is 14.5 Å². The minimum atomic E-state index is 0. The Balaban J connectivity index is 0.00000210. The highest BCUT2D eigenvalue weighted by Crippen LogP contribution is 2.26. The lowest BCUT2D eigenvalue weighted by Crippen LogP contribution is -2.53. The van der Waals surface area contributed by atoms with Crippen LogP contribution in [0, 0.1) is 0 Å². The summed E-state index contributed by atoms with van der Waals surface area (Å²) in [6.45, 7) is 5.66. The number of ether oxygens (including phenoxy) is 1. The van der Waals surface area contributed by atoms with Crippen molar-refractivity contribution in [3.63, 3.8) is 0 Å². The van der Waals surface area contributed by atoms with Crippen molar-refractivity contribution in [1.82, 2.24) is 15.1 Å². The number of para-hydroxylation sites is 1. The van der Waals surface area contributed by atoms with Crippen LogP contribution in [0.1, 0.15) is 12.0 Å². The van der Waals surface area contributed by atoms with Gasteiger partial charge in [-0.25, -0.2) is 0 Å². The molecule has 9 heteroatoms. The molecule has 1 aromatic rings. The molecule has 1 fully saturated rings. The first-order chi connectivity index (χ1) is 13.2. The molecule has 0 atom stereocenters. The van der Waals surface area contributed by atoms with Crippen molar-refractivity contribution in [1.29, 1.82) is 0 Å². The number of carbonyl (C=O) groups excluding carboxylic acids is 2. The number of rotatable bonds is 7. The van der Waals surface area contributed by atoms with Crippen molar-refractivity contribution in [3.05, 3.63) is 29.8 Å². The minimum Gasteiger partial charge on any atom is -0.383 e. The van der Waals surface area contributed by atoms with E-state index in [0.717, 1.165) is 38.2 Å². The van der Waals surface area contributed by atoms with E-state index in [1.807, 2.05) is 28.0 Å². The Morgan fingerprint density at radius 2 is 1.76 bits per heavy atom. The highest BCUT2D eigenvalue weighted by molar-refractivity contribution is 5.96. The zero-order chi connectivity index (χ0) is 19.1. The Labute approximate surface area is 185 Å². The van der Waals surface area contributed by atoms with Gasteiger partial charge in [0, 0.05) is 52.1 Å². The molecule has 0 bridgehead atoms. The SMILES string of the molecule is COCCNCC(=O)N1CCN(CC(=O)N2CCCc3ccccc32)CC1.Cl.Cl. The molecule has 7 nitrogen and oxygen atoms in total. The quantitative estimate of drug-likeness (QED) is 0.637. The van der Waals surface area contributed by atoms with E-state index in [1.54, 1.807) is 7.11 Å². The summed E-state index contributed by atoms with van der Waals surface area (Å²) in [6.07, 6.45) is 2.06. The largest absolute Gasteiger partial charge is 0.383 e. The third kappa shape index (κ3) is 7.12. The predicted molar refractivity (Wildman–Crippen MR) is 119 cm³/mol. The average Bonchev–Trinajstić information content (AvgIpc) is 2.71. The molecular formula is C20H32Cl2N4O3. The van der Waals surface area contributed by atoms with Crippen LogP contribution >= 0.6 is 24.8 Å². The van der Waals surface area contributed by atoms with Gasteiger partial charge < -0.3 is 19.9 Å². The summed E-state index contributed by atoms with van der Waals surface area (Å²) in [5, 5.41) is 3.09. The van der Waals surface area contributed by atoms with Crippen molar-refractivity contribution in [2.24, 2.45) is 0 Å². The van der Waals surface area contributed by atoms with Crippen molar-refractivity contribution in [3.8, 4) is 0 Å². The number of methoxy groups -OCH3 is 1. The number of carbonyl (C=O) groups is 2. The fraction of sp³-hybridized carbons (Fsp3) is 0.600. The third-order valence-corrected chi connectivity index (χ3v) is 5.25.